The second-order valence-electron chi connectivity index (χ2n) is 10.7. The van der Waals surface area contributed by atoms with E-state index in [2.05, 4.69) is 9.62 Å². The Balaban J connectivity index is 1.41. The standard InChI is InChI=1S/C29H36FN3O5S/c1-28(2)20-32(15-16-33(28)27(34)18-21-13-14-29(3,38-5)26(17-21)37-4)24-9-11-25(12-10-24)39(35,36)31-23-8-6-7-22(30)19-23/h6-13,17,19,31H,14-16,18,20H2,1-5H3. The number of amides is 1. The van der Waals surface area contributed by atoms with Gasteiger partial charge >= 0.3 is 0 Å². The maximum atomic E-state index is 13.5. The summed E-state index contributed by atoms with van der Waals surface area (Å²) in [7, 11) is -0.606. The van der Waals surface area contributed by atoms with Gasteiger partial charge in [0.25, 0.3) is 10.0 Å². The number of piperazine rings is 1. The van der Waals surface area contributed by atoms with Crippen molar-refractivity contribution in [1.29, 1.82) is 0 Å². The lowest BCUT2D eigenvalue weighted by Crippen LogP contribution is -2.61. The fraction of sp³-hybridized carbons (Fsp3) is 0.414. The van der Waals surface area contributed by atoms with Crippen molar-refractivity contribution in [3.8, 4) is 0 Å². The van der Waals surface area contributed by atoms with Crippen LogP contribution in [0.3, 0.4) is 0 Å². The average molecular weight is 558 g/mol. The summed E-state index contributed by atoms with van der Waals surface area (Å²) in [6, 6.07) is 11.9. The van der Waals surface area contributed by atoms with Crippen LogP contribution in [0.5, 0.6) is 0 Å². The summed E-state index contributed by atoms with van der Waals surface area (Å²) in [5.41, 5.74) is 0.960. The van der Waals surface area contributed by atoms with E-state index >= 15 is 0 Å². The van der Waals surface area contributed by atoms with Gasteiger partial charge in [0.05, 0.1) is 29.7 Å². The Kier molecular flexibility index (Phi) is 8.09. The lowest BCUT2D eigenvalue weighted by atomic mass is 9.89. The quantitative estimate of drug-likeness (QED) is 0.506. The first-order valence-corrected chi connectivity index (χ1v) is 14.3. The van der Waals surface area contributed by atoms with Gasteiger partial charge in [-0.05, 0) is 74.9 Å². The van der Waals surface area contributed by atoms with Crippen LogP contribution in [0.15, 0.2) is 76.9 Å². The summed E-state index contributed by atoms with van der Waals surface area (Å²) in [5.74, 6) is 0.228. The molecule has 39 heavy (non-hydrogen) atoms. The van der Waals surface area contributed by atoms with E-state index in [-0.39, 0.29) is 22.9 Å². The first-order valence-electron chi connectivity index (χ1n) is 12.8. The van der Waals surface area contributed by atoms with E-state index < -0.39 is 27.0 Å². The highest BCUT2D eigenvalue weighted by atomic mass is 32.2. The molecule has 1 aliphatic carbocycles. The van der Waals surface area contributed by atoms with Crippen molar-refractivity contribution in [2.75, 3.05) is 43.5 Å². The fourth-order valence-electron chi connectivity index (χ4n) is 5.10. The van der Waals surface area contributed by atoms with Crippen LogP contribution in [0.25, 0.3) is 0 Å². The van der Waals surface area contributed by atoms with Crippen LogP contribution < -0.4 is 9.62 Å². The minimum absolute atomic E-state index is 0.0449. The van der Waals surface area contributed by atoms with E-state index in [1.54, 1.807) is 26.4 Å². The summed E-state index contributed by atoms with van der Waals surface area (Å²) in [6.45, 7) is 7.77. The van der Waals surface area contributed by atoms with Gasteiger partial charge in [0.2, 0.25) is 5.91 Å². The fourth-order valence-corrected chi connectivity index (χ4v) is 6.15. The molecule has 8 nitrogen and oxygen atoms in total. The summed E-state index contributed by atoms with van der Waals surface area (Å²) in [4.78, 5) is 17.5. The Morgan fingerprint density at radius 3 is 2.41 bits per heavy atom. The minimum Gasteiger partial charge on any atom is -0.498 e. The number of anilines is 2. The zero-order valence-electron chi connectivity index (χ0n) is 23.0. The van der Waals surface area contributed by atoms with Crippen molar-refractivity contribution >= 4 is 27.3 Å². The van der Waals surface area contributed by atoms with Crippen LogP contribution in [0.2, 0.25) is 0 Å². The molecule has 0 bridgehead atoms. The number of sulfonamides is 1. The molecule has 2 aliphatic rings. The van der Waals surface area contributed by atoms with Gasteiger partial charge in [-0.25, -0.2) is 12.8 Å². The third-order valence-electron chi connectivity index (χ3n) is 7.41. The van der Waals surface area contributed by atoms with Gasteiger partial charge in [-0.3, -0.25) is 9.52 Å². The van der Waals surface area contributed by atoms with Crippen molar-refractivity contribution in [1.82, 2.24) is 4.90 Å². The molecule has 1 unspecified atom stereocenters. The number of ether oxygens (including phenoxy) is 2. The predicted octanol–water partition coefficient (Wildman–Crippen LogP) is 4.71. The van der Waals surface area contributed by atoms with E-state index in [4.69, 9.17) is 9.47 Å². The van der Waals surface area contributed by atoms with Gasteiger partial charge in [0.15, 0.2) is 0 Å². The average Bonchev–Trinajstić information content (AvgIpc) is 2.89. The summed E-state index contributed by atoms with van der Waals surface area (Å²) >= 11 is 0. The smallest absolute Gasteiger partial charge is 0.261 e. The molecule has 1 N–H and O–H groups in total. The summed E-state index contributed by atoms with van der Waals surface area (Å²) in [6.07, 6.45) is 4.84. The number of nitrogens with one attached hydrogen (secondary N) is 1. The second-order valence-corrected chi connectivity index (χ2v) is 12.4. The van der Waals surface area contributed by atoms with Gasteiger partial charge in [0.1, 0.15) is 17.2 Å². The predicted molar refractivity (Wildman–Crippen MR) is 149 cm³/mol. The van der Waals surface area contributed by atoms with Crippen molar-refractivity contribution in [3.63, 3.8) is 0 Å². The Labute approximate surface area is 230 Å². The van der Waals surface area contributed by atoms with Gasteiger partial charge in [0, 0.05) is 38.9 Å². The summed E-state index contributed by atoms with van der Waals surface area (Å²) in [5, 5.41) is 0. The zero-order chi connectivity index (χ0) is 28.4. The van der Waals surface area contributed by atoms with E-state index in [1.807, 2.05) is 37.8 Å². The van der Waals surface area contributed by atoms with Crippen molar-refractivity contribution in [2.45, 2.75) is 49.6 Å². The third-order valence-corrected chi connectivity index (χ3v) is 8.81. The molecule has 1 fully saturated rings. The van der Waals surface area contributed by atoms with Gasteiger partial charge in [-0.15, -0.1) is 0 Å². The van der Waals surface area contributed by atoms with Crippen LogP contribution in [0.4, 0.5) is 15.8 Å². The number of methoxy groups -OCH3 is 2. The number of hydrogen-bond acceptors (Lipinski definition) is 6. The Morgan fingerprint density at radius 1 is 1.08 bits per heavy atom. The molecule has 0 spiro atoms. The van der Waals surface area contributed by atoms with E-state index in [0.717, 1.165) is 17.3 Å². The Bertz CT molecular complexity index is 1390. The van der Waals surface area contributed by atoms with Crippen LogP contribution in [-0.2, 0) is 24.3 Å². The number of hydrogen-bond donors (Lipinski definition) is 1. The number of nitrogens with zero attached hydrogens (tertiary/aromatic N) is 2. The molecule has 2 aromatic rings. The first-order chi connectivity index (χ1) is 18.4. The van der Waals surface area contributed by atoms with Crippen molar-refractivity contribution in [3.05, 3.63) is 77.8 Å². The van der Waals surface area contributed by atoms with Gasteiger partial charge < -0.3 is 19.3 Å². The third kappa shape index (κ3) is 6.28. The Morgan fingerprint density at radius 2 is 1.79 bits per heavy atom. The molecule has 1 atom stereocenters. The number of rotatable bonds is 8. The maximum absolute atomic E-state index is 13.5. The molecule has 0 aromatic heterocycles. The first kappa shape index (κ1) is 28.6. The topological polar surface area (TPSA) is 88.2 Å². The van der Waals surface area contributed by atoms with Crippen LogP contribution in [-0.4, -0.2) is 64.2 Å². The maximum Gasteiger partial charge on any atom is 0.261 e. The summed E-state index contributed by atoms with van der Waals surface area (Å²) < 4.78 is 52.5. The molecule has 1 saturated heterocycles. The zero-order valence-corrected chi connectivity index (χ0v) is 23.8. The number of halogens is 1. The number of carbonyl (C=O) groups excluding carboxylic acids is 1. The van der Waals surface area contributed by atoms with E-state index in [9.17, 15) is 17.6 Å². The Hall–Kier alpha value is -3.37. The molecule has 2 aromatic carbocycles. The van der Waals surface area contributed by atoms with Crippen LogP contribution in [0, 0.1) is 5.82 Å². The van der Waals surface area contributed by atoms with Crippen LogP contribution >= 0.6 is 0 Å². The lowest BCUT2D eigenvalue weighted by Gasteiger charge is -2.48. The molecule has 10 heteroatoms. The molecule has 0 saturated carbocycles. The molecular weight excluding hydrogens is 521 g/mol. The monoisotopic (exact) mass is 557 g/mol. The SMILES string of the molecule is COC1=CC(CC(=O)N2CCN(c3ccc(S(=O)(=O)Nc4cccc(F)c4)cc3)CC2(C)C)=CCC1(C)OC. The van der Waals surface area contributed by atoms with Crippen LogP contribution in [0.1, 0.15) is 33.6 Å². The lowest BCUT2D eigenvalue weighted by molar-refractivity contribution is -0.136. The number of carbonyl (C=O) groups is 1. The molecule has 1 amide bonds. The van der Waals surface area contributed by atoms with Gasteiger partial charge in [-0.1, -0.05) is 12.1 Å². The molecule has 210 valence electrons. The van der Waals surface area contributed by atoms with Gasteiger partial charge in [-0.2, -0.15) is 0 Å². The van der Waals surface area contributed by atoms with Crippen molar-refractivity contribution in [2.24, 2.45) is 0 Å². The molecule has 0 radical (unpaired) electrons. The number of allylic oxidation sites excluding steroid dienone is 1. The highest BCUT2D eigenvalue weighted by Gasteiger charge is 2.38. The molecule has 1 aliphatic heterocycles. The normalized spacial score (nSPS) is 21.2. The highest BCUT2D eigenvalue weighted by Crippen LogP contribution is 2.34. The molecule has 1 heterocycles. The minimum atomic E-state index is -3.86. The van der Waals surface area contributed by atoms with E-state index in [0.29, 0.717) is 31.8 Å². The number of benzene rings is 2. The van der Waals surface area contributed by atoms with Crippen molar-refractivity contribution < 1.29 is 27.1 Å². The molecule has 4 rings (SSSR count). The van der Waals surface area contributed by atoms with E-state index in [1.165, 1.54) is 30.3 Å². The highest BCUT2D eigenvalue weighted by molar-refractivity contribution is 7.92. The largest absolute Gasteiger partial charge is 0.498 e. The second kappa shape index (κ2) is 11.0. The molecular formula is C29H36FN3O5S.